The minimum Gasteiger partial charge on any atom is -0.388 e. The van der Waals surface area contributed by atoms with Crippen LogP contribution in [0.1, 0.15) is 45.2 Å². The van der Waals surface area contributed by atoms with E-state index in [-0.39, 0.29) is 5.41 Å². The van der Waals surface area contributed by atoms with Crippen molar-refractivity contribution in [2.75, 3.05) is 30.4 Å². The molecule has 2 heteroatoms. The highest BCUT2D eigenvalue weighted by Crippen LogP contribution is 2.33. The third-order valence-corrected chi connectivity index (χ3v) is 4.89. The van der Waals surface area contributed by atoms with E-state index in [0.717, 1.165) is 19.5 Å². The largest absolute Gasteiger partial charge is 0.388 e. The second-order valence-corrected chi connectivity index (χ2v) is 7.05. The predicted octanol–water partition coefficient (Wildman–Crippen LogP) is 5.96. The van der Waals surface area contributed by atoms with Gasteiger partial charge in [-0.15, -0.1) is 0 Å². The average molecular weight is 337 g/mol. The van der Waals surface area contributed by atoms with Crippen LogP contribution in [0.3, 0.4) is 0 Å². The number of rotatable bonds is 8. The van der Waals surface area contributed by atoms with E-state index >= 15 is 0 Å². The van der Waals surface area contributed by atoms with Crippen LogP contribution in [-0.4, -0.2) is 20.1 Å². The van der Waals surface area contributed by atoms with Gasteiger partial charge >= 0.3 is 0 Å². The molecule has 0 saturated carbocycles. The summed E-state index contributed by atoms with van der Waals surface area (Å²) < 4.78 is 0. The summed E-state index contributed by atoms with van der Waals surface area (Å²) in [6, 6.07) is 17.4. The predicted molar refractivity (Wildman–Crippen MR) is 113 cm³/mol. The van der Waals surface area contributed by atoms with E-state index in [1.165, 1.54) is 22.5 Å². The second kappa shape index (κ2) is 8.75. The van der Waals surface area contributed by atoms with E-state index in [4.69, 9.17) is 0 Å². The maximum absolute atomic E-state index is 3.31. The van der Waals surface area contributed by atoms with Crippen LogP contribution in [-0.2, 0) is 5.41 Å². The van der Waals surface area contributed by atoms with Crippen molar-refractivity contribution in [3.8, 4) is 0 Å². The first kappa shape index (κ1) is 19.1. The van der Waals surface area contributed by atoms with Crippen LogP contribution in [0, 0.1) is 0 Å². The van der Waals surface area contributed by atoms with E-state index in [0.29, 0.717) is 0 Å². The number of nitrogens with zero attached hydrogens (tertiary/aromatic N) is 1. The lowest BCUT2D eigenvalue weighted by molar-refractivity contribution is 0.536. The Bertz CT molecular complexity index is 679. The molecule has 2 rings (SSSR count). The highest BCUT2D eigenvalue weighted by atomic mass is 15.1. The molecule has 0 amide bonds. The normalized spacial score (nSPS) is 11.7. The first-order valence-corrected chi connectivity index (χ1v) is 9.30. The van der Waals surface area contributed by atoms with Gasteiger partial charge in [0.2, 0.25) is 0 Å². The summed E-state index contributed by atoms with van der Waals surface area (Å²) >= 11 is 0. The molecule has 134 valence electrons. The number of allylic oxidation sites excluding steroid dienone is 1. The third-order valence-electron chi connectivity index (χ3n) is 4.89. The second-order valence-electron chi connectivity index (χ2n) is 7.05. The fourth-order valence-electron chi connectivity index (χ4n) is 3.28. The summed E-state index contributed by atoms with van der Waals surface area (Å²) in [5.41, 5.74) is 5.22. The summed E-state index contributed by atoms with van der Waals surface area (Å²) in [5.74, 6) is 0. The molecule has 2 aromatic rings. The Balaban J connectivity index is 2.07. The number of benzene rings is 2. The molecule has 0 heterocycles. The molecule has 0 saturated heterocycles. The Hall–Kier alpha value is -2.22. The molecule has 0 fully saturated rings. The smallest absolute Gasteiger partial charge is 0.0375 e. The van der Waals surface area contributed by atoms with Gasteiger partial charge in [0.15, 0.2) is 0 Å². The van der Waals surface area contributed by atoms with Gasteiger partial charge in [-0.3, -0.25) is 0 Å². The zero-order valence-corrected chi connectivity index (χ0v) is 16.3. The maximum atomic E-state index is 3.31. The van der Waals surface area contributed by atoms with Crippen molar-refractivity contribution in [3.63, 3.8) is 0 Å². The van der Waals surface area contributed by atoms with Crippen LogP contribution in [0.5, 0.6) is 0 Å². The Kier molecular flexibility index (Phi) is 6.69. The number of para-hydroxylation sites is 1. The summed E-state index contributed by atoms with van der Waals surface area (Å²) in [6.07, 6.45) is 5.53. The minimum atomic E-state index is 0.0945. The highest BCUT2D eigenvalue weighted by molar-refractivity contribution is 5.57. The van der Waals surface area contributed by atoms with Crippen molar-refractivity contribution in [3.05, 3.63) is 65.7 Å². The lowest BCUT2D eigenvalue weighted by Crippen LogP contribution is -2.21. The Morgan fingerprint density at radius 3 is 2.20 bits per heavy atom. The summed E-state index contributed by atoms with van der Waals surface area (Å²) in [6.45, 7) is 11.1. The molecule has 1 N–H and O–H groups in total. The quantitative estimate of drug-likeness (QED) is 0.640. The molecule has 0 unspecified atom stereocenters. The van der Waals surface area contributed by atoms with Gasteiger partial charge in [-0.1, -0.05) is 56.3 Å². The van der Waals surface area contributed by atoms with Crippen molar-refractivity contribution >= 4 is 17.5 Å². The van der Waals surface area contributed by atoms with Crippen molar-refractivity contribution < 1.29 is 0 Å². The van der Waals surface area contributed by atoms with Crippen molar-refractivity contribution in [2.24, 2.45) is 0 Å². The van der Waals surface area contributed by atoms with Gasteiger partial charge in [0.05, 0.1) is 0 Å². The molecule has 0 bridgehead atoms. The fraction of sp³-hybridized carbons (Fsp3) is 0.391. The van der Waals surface area contributed by atoms with Crippen molar-refractivity contribution in [2.45, 2.75) is 39.5 Å². The van der Waals surface area contributed by atoms with Gasteiger partial charge in [0, 0.05) is 31.5 Å². The van der Waals surface area contributed by atoms with Crippen molar-refractivity contribution in [1.29, 1.82) is 0 Å². The molecule has 0 aliphatic heterocycles. The van der Waals surface area contributed by atoms with Crippen LogP contribution in [0.15, 0.2) is 54.6 Å². The van der Waals surface area contributed by atoms with E-state index in [1.54, 1.807) is 0 Å². The summed E-state index contributed by atoms with van der Waals surface area (Å²) in [4.78, 5) is 2.37. The molecule has 2 aromatic carbocycles. The lowest BCUT2D eigenvalue weighted by Gasteiger charge is -2.26. The molecule has 0 aromatic heterocycles. The zero-order valence-electron chi connectivity index (χ0n) is 16.3. The Morgan fingerprint density at radius 2 is 1.60 bits per heavy atom. The third kappa shape index (κ3) is 4.88. The summed E-state index contributed by atoms with van der Waals surface area (Å²) in [7, 11) is 1.99. The van der Waals surface area contributed by atoms with E-state index < -0.39 is 0 Å². The van der Waals surface area contributed by atoms with Gasteiger partial charge in [0.1, 0.15) is 0 Å². The maximum Gasteiger partial charge on any atom is 0.0375 e. The van der Waals surface area contributed by atoms with Crippen LogP contribution in [0.2, 0.25) is 0 Å². The van der Waals surface area contributed by atoms with Crippen LogP contribution >= 0.6 is 0 Å². The molecule has 25 heavy (non-hydrogen) atoms. The molecular weight excluding hydrogens is 304 g/mol. The molecular formula is C23H32N2. The van der Waals surface area contributed by atoms with E-state index in [1.807, 2.05) is 7.05 Å². The number of anilines is 2. The van der Waals surface area contributed by atoms with Gasteiger partial charge in [-0.05, 0) is 55.0 Å². The van der Waals surface area contributed by atoms with Crippen LogP contribution in [0.25, 0.3) is 6.08 Å². The minimum absolute atomic E-state index is 0.0945. The standard InChI is InChI=1S/C23H32N2/c1-6-25(7-2)20-16-14-19(15-17-20)11-10-18-23(3,4)21-12-8-9-13-22(21)24-5/h8-17,24H,6-7,18H2,1-5H3/b11-10+. The number of hydrogen-bond donors (Lipinski definition) is 1. The van der Waals surface area contributed by atoms with Gasteiger partial charge in [-0.2, -0.15) is 0 Å². The summed E-state index contributed by atoms with van der Waals surface area (Å²) in [5, 5.41) is 3.31. The number of hydrogen-bond acceptors (Lipinski definition) is 2. The van der Waals surface area contributed by atoms with Gasteiger partial charge in [0.25, 0.3) is 0 Å². The first-order valence-electron chi connectivity index (χ1n) is 9.30. The van der Waals surface area contributed by atoms with E-state index in [9.17, 15) is 0 Å². The molecule has 2 nitrogen and oxygen atoms in total. The highest BCUT2D eigenvalue weighted by Gasteiger charge is 2.21. The SMILES string of the molecule is CCN(CC)c1ccc(/C=C/CC(C)(C)c2ccccc2NC)cc1. The molecule has 0 atom stereocenters. The van der Waals surface area contributed by atoms with Gasteiger partial charge < -0.3 is 10.2 Å². The number of nitrogens with one attached hydrogen (secondary N) is 1. The van der Waals surface area contributed by atoms with Crippen LogP contribution in [0.4, 0.5) is 11.4 Å². The molecule has 0 spiro atoms. The monoisotopic (exact) mass is 336 g/mol. The first-order chi connectivity index (χ1) is 12.0. The molecule has 0 aliphatic carbocycles. The lowest BCUT2D eigenvalue weighted by atomic mass is 9.80. The fourth-order valence-corrected chi connectivity index (χ4v) is 3.28. The van der Waals surface area contributed by atoms with Gasteiger partial charge in [-0.25, -0.2) is 0 Å². The Morgan fingerprint density at radius 1 is 0.960 bits per heavy atom. The van der Waals surface area contributed by atoms with Crippen LogP contribution < -0.4 is 10.2 Å². The molecule has 0 aliphatic rings. The topological polar surface area (TPSA) is 15.3 Å². The molecule has 0 radical (unpaired) electrons. The van der Waals surface area contributed by atoms with Crippen molar-refractivity contribution in [1.82, 2.24) is 0 Å². The average Bonchev–Trinajstić information content (AvgIpc) is 2.64. The van der Waals surface area contributed by atoms with E-state index in [2.05, 4.69) is 98.6 Å². The zero-order chi connectivity index (χ0) is 18.3. The Labute approximate surface area is 153 Å².